The molecule has 90 valence electrons. The lowest BCUT2D eigenvalue weighted by atomic mass is 9.89. The number of benzene rings is 1. The molecule has 1 aromatic rings. The molecule has 1 nitrogen and oxygen atoms in total. The first-order valence-corrected chi connectivity index (χ1v) is 6.05. The van der Waals surface area contributed by atoms with Crippen LogP contribution in [0.15, 0.2) is 31.4 Å². The maximum Gasteiger partial charge on any atom is 0 e. The molecule has 1 aliphatic rings. The van der Waals surface area contributed by atoms with Crippen LogP contribution in [0.3, 0.4) is 0 Å². The Morgan fingerprint density at radius 1 is 1.12 bits per heavy atom. The van der Waals surface area contributed by atoms with Crippen molar-refractivity contribution in [1.29, 1.82) is 0 Å². The SMILES string of the molecule is C=C.Cc1ccc(C2CCNCC2)cc1C.[HH]. The van der Waals surface area contributed by atoms with Crippen LogP contribution in [-0.4, -0.2) is 13.1 Å². The fraction of sp³-hybridized carbons (Fsp3) is 0.467. The lowest BCUT2D eigenvalue weighted by molar-refractivity contribution is 0.460. The summed E-state index contributed by atoms with van der Waals surface area (Å²) in [6.07, 6.45) is 2.59. The number of piperidine rings is 1. The molecule has 1 heteroatoms. The molecule has 0 radical (unpaired) electrons. The predicted molar refractivity (Wildman–Crippen MR) is 74.1 cm³/mol. The summed E-state index contributed by atoms with van der Waals surface area (Å²) in [4.78, 5) is 0. The number of hydrogen-bond acceptors (Lipinski definition) is 1. The Bertz CT molecular complexity index is 330. The number of aryl methyl sites for hydroxylation is 2. The Morgan fingerprint density at radius 2 is 1.75 bits per heavy atom. The average molecular weight is 219 g/mol. The fourth-order valence-corrected chi connectivity index (χ4v) is 2.17. The van der Waals surface area contributed by atoms with Crippen molar-refractivity contribution in [3.63, 3.8) is 0 Å². The molecule has 0 spiro atoms. The molecule has 1 N–H and O–H groups in total. The van der Waals surface area contributed by atoms with E-state index in [1.54, 1.807) is 0 Å². The summed E-state index contributed by atoms with van der Waals surface area (Å²) >= 11 is 0. The van der Waals surface area contributed by atoms with E-state index in [9.17, 15) is 0 Å². The van der Waals surface area contributed by atoms with E-state index in [2.05, 4.69) is 50.5 Å². The zero-order chi connectivity index (χ0) is 12.0. The first kappa shape index (κ1) is 13.0. The lowest BCUT2D eigenvalue weighted by Gasteiger charge is -2.23. The third-order valence-corrected chi connectivity index (χ3v) is 3.34. The Hall–Kier alpha value is -1.08. The van der Waals surface area contributed by atoms with Gasteiger partial charge in [-0.3, -0.25) is 0 Å². The van der Waals surface area contributed by atoms with Gasteiger partial charge in [0.25, 0.3) is 0 Å². The van der Waals surface area contributed by atoms with E-state index >= 15 is 0 Å². The molecule has 0 saturated carbocycles. The van der Waals surface area contributed by atoms with Crippen LogP contribution in [0.4, 0.5) is 0 Å². The first-order valence-electron chi connectivity index (χ1n) is 6.05. The van der Waals surface area contributed by atoms with Gasteiger partial charge < -0.3 is 5.32 Å². The predicted octanol–water partition coefficient (Wildman–Crippen LogP) is 3.82. The van der Waals surface area contributed by atoms with Gasteiger partial charge in [0.1, 0.15) is 0 Å². The minimum absolute atomic E-state index is 0. The zero-order valence-electron chi connectivity index (χ0n) is 10.6. The Kier molecular flexibility index (Phi) is 5.27. The molecule has 0 amide bonds. The topological polar surface area (TPSA) is 12.0 Å². The van der Waals surface area contributed by atoms with Crippen LogP contribution < -0.4 is 5.32 Å². The van der Waals surface area contributed by atoms with Gasteiger partial charge in [0.05, 0.1) is 0 Å². The molecule has 1 heterocycles. The van der Waals surface area contributed by atoms with Crippen LogP contribution in [0, 0.1) is 13.8 Å². The normalized spacial score (nSPS) is 16.4. The lowest BCUT2D eigenvalue weighted by Crippen LogP contribution is -2.26. The van der Waals surface area contributed by atoms with Gasteiger partial charge in [0, 0.05) is 1.43 Å². The molecule has 0 aromatic heterocycles. The van der Waals surface area contributed by atoms with E-state index in [-0.39, 0.29) is 1.43 Å². The maximum absolute atomic E-state index is 3.41. The summed E-state index contributed by atoms with van der Waals surface area (Å²) in [6.45, 7) is 12.7. The quantitative estimate of drug-likeness (QED) is 0.708. The molecule has 0 aliphatic carbocycles. The summed E-state index contributed by atoms with van der Waals surface area (Å²) in [5.74, 6) is 0.788. The van der Waals surface area contributed by atoms with Crippen LogP contribution >= 0.6 is 0 Å². The van der Waals surface area contributed by atoms with Gasteiger partial charge in [-0.05, 0) is 62.4 Å². The van der Waals surface area contributed by atoms with Gasteiger partial charge in [-0.15, -0.1) is 13.2 Å². The van der Waals surface area contributed by atoms with E-state index < -0.39 is 0 Å². The molecule has 1 aliphatic heterocycles. The average Bonchev–Trinajstić information content (AvgIpc) is 2.36. The van der Waals surface area contributed by atoms with Crippen molar-refractivity contribution in [3.05, 3.63) is 48.0 Å². The van der Waals surface area contributed by atoms with Gasteiger partial charge in [0.15, 0.2) is 0 Å². The van der Waals surface area contributed by atoms with Crippen molar-refractivity contribution >= 4 is 0 Å². The highest BCUT2D eigenvalue weighted by molar-refractivity contribution is 5.32. The molecule has 1 saturated heterocycles. The Labute approximate surface area is 101 Å². The number of nitrogens with one attached hydrogen (secondary N) is 1. The number of rotatable bonds is 1. The van der Waals surface area contributed by atoms with Crippen molar-refractivity contribution in [3.8, 4) is 0 Å². The number of hydrogen-bond donors (Lipinski definition) is 1. The van der Waals surface area contributed by atoms with E-state index in [4.69, 9.17) is 0 Å². The summed E-state index contributed by atoms with van der Waals surface area (Å²) in [5.41, 5.74) is 4.37. The Balaban J connectivity index is 0.000000811. The van der Waals surface area contributed by atoms with Gasteiger partial charge >= 0.3 is 0 Å². The smallest absolute Gasteiger partial charge is 0 e. The van der Waals surface area contributed by atoms with Gasteiger partial charge in [0.2, 0.25) is 0 Å². The summed E-state index contributed by atoms with van der Waals surface area (Å²) in [7, 11) is 0. The molecule has 0 bridgehead atoms. The molecule has 0 unspecified atom stereocenters. The van der Waals surface area contributed by atoms with Crippen LogP contribution in [0.25, 0.3) is 0 Å². The van der Waals surface area contributed by atoms with Crippen molar-refractivity contribution < 1.29 is 1.43 Å². The second-order valence-electron chi connectivity index (χ2n) is 4.37. The van der Waals surface area contributed by atoms with Crippen LogP contribution in [0.1, 0.15) is 36.9 Å². The third-order valence-electron chi connectivity index (χ3n) is 3.34. The molecule has 1 fully saturated rings. The summed E-state index contributed by atoms with van der Waals surface area (Å²) in [6, 6.07) is 6.93. The molecule has 16 heavy (non-hydrogen) atoms. The molecular weight excluding hydrogens is 194 g/mol. The molecule has 0 atom stereocenters. The molecular formula is C15H25N. The summed E-state index contributed by atoms with van der Waals surface area (Å²) < 4.78 is 0. The van der Waals surface area contributed by atoms with Gasteiger partial charge in [-0.2, -0.15) is 0 Å². The standard InChI is InChI=1S/C13H19N.C2H4.H2/c1-10-3-4-13(9-11(10)2)12-5-7-14-8-6-12;1-2;/h3-4,9,12,14H,5-8H2,1-2H3;1-2H2;1H. The zero-order valence-corrected chi connectivity index (χ0v) is 10.6. The summed E-state index contributed by atoms with van der Waals surface area (Å²) in [5, 5.41) is 3.41. The van der Waals surface area contributed by atoms with Crippen molar-refractivity contribution in [1.82, 2.24) is 5.32 Å². The van der Waals surface area contributed by atoms with Crippen molar-refractivity contribution in [2.45, 2.75) is 32.6 Å². The van der Waals surface area contributed by atoms with E-state index in [1.165, 1.54) is 42.6 Å². The second-order valence-corrected chi connectivity index (χ2v) is 4.37. The van der Waals surface area contributed by atoms with E-state index in [0.717, 1.165) is 5.92 Å². The minimum atomic E-state index is 0. The van der Waals surface area contributed by atoms with Crippen molar-refractivity contribution in [2.75, 3.05) is 13.1 Å². The highest BCUT2D eigenvalue weighted by Gasteiger charge is 2.14. The monoisotopic (exact) mass is 219 g/mol. The first-order chi connectivity index (χ1) is 7.77. The molecule has 1 aromatic carbocycles. The van der Waals surface area contributed by atoms with E-state index in [0.29, 0.717) is 0 Å². The fourth-order valence-electron chi connectivity index (χ4n) is 2.17. The highest BCUT2D eigenvalue weighted by atomic mass is 14.9. The van der Waals surface area contributed by atoms with Gasteiger partial charge in [-0.25, -0.2) is 0 Å². The highest BCUT2D eigenvalue weighted by Crippen LogP contribution is 2.26. The van der Waals surface area contributed by atoms with Crippen molar-refractivity contribution in [2.24, 2.45) is 0 Å². The Morgan fingerprint density at radius 3 is 2.31 bits per heavy atom. The van der Waals surface area contributed by atoms with Crippen LogP contribution in [0.5, 0.6) is 0 Å². The maximum atomic E-state index is 3.41. The van der Waals surface area contributed by atoms with Gasteiger partial charge in [-0.1, -0.05) is 18.2 Å². The molecule has 2 rings (SSSR count). The largest absolute Gasteiger partial charge is 0.317 e. The van der Waals surface area contributed by atoms with Crippen LogP contribution in [0.2, 0.25) is 0 Å². The third kappa shape index (κ3) is 3.21. The second kappa shape index (κ2) is 6.49. The van der Waals surface area contributed by atoms with E-state index in [1.807, 2.05) is 0 Å². The van der Waals surface area contributed by atoms with Crippen LogP contribution in [-0.2, 0) is 0 Å². The minimum Gasteiger partial charge on any atom is -0.317 e.